The van der Waals surface area contributed by atoms with E-state index in [1.165, 1.54) is 5.56 Å². The molecule has 0 saturated heterocycles. The summed E-state index contributed by atoms with van der Waals surface area (Å²) in [6.07, 6.45) is 1.51. The summed E-state index contributed by atoms with van der Waals surface area (Å²) in [5.41, 5.74) is 1.91. The van der Waals surface area contributed by atoms with Crippen LogP contribution in [-0.2, 0) is 4.79 Å². The van der Waals surface area contributed by atoms with Crippen molar-refractivity contribution < 1.29 is 14.7 Å². The lowest BCUT2D eigenvalue weighted by atomic mass is 10.1. The van der Waals surface area contributed by atoms with Crippen LogP contribution in [0.5, 0.6) is 0 Å². The van der Waals surface area contributed by atoms with Gasteiger partial charge in [-0.1, -0.05) is 44.0 Å². The van der Waals surface area contributed by atoms with Gasteiger partial charge in [0.25, 0.3) is 0 Å². The lowest BCUT2D eigenvalue weighted by molar-refractivity contribution is -0.137. The van der Waals surface area contributed by atoms with Crippen molar-refractivity contribution in [1.82, 2.24) is 10.2 Å². The number of carboxylic acid groups (broad SMARTS) is 1. The molecule has 1 atom stereocenters. The molecule has 0 saturated carbocycles. The molecule has 2 rings (SSSR count). The normalized spacial score (nSPS) is 11.9. The zero-order valence-electron chi connectivity index (χ0n) is 16.9. The molecule has 6 nitrogen and oxygen atoms in total. The van der Waals surface area contributed by atoms with Gasteiger partial charge in [-0.05, 0) is 68.3 Å². The van der Waals surface area contributed by atoms with Gasteiger partial charge in [0, 0.05) is 40.2 Å². The number of carbonyl (C=O) groups excluding carboxylic acids is 1. The molecule has 0 heterocycles. The number of nitrogens with one attached hydrogen (secondary N) is 2. The highest BCUT2D eigenvalue weighted by Gasteiger charge is 2.16. The third-order valence-electron chi connectivity index (χ3n) is 4.75. The predicted molar refractivity (Wildman–Crippen MR) is 127 cm³/mol. The number of benzene rings is 2. The van der Waals surface area contributed by atoms with Crippen LogP contribution >= 0.6 is 31.9 Å². The predicted octanol–water partition coefficient (Wildman–Crippen LogP) is 5.65. The summed E-state index contributed by atoms with van der Waals surface area (Å²) >= 11 is 6.82. The van der Waals surface area contributed by atoms with Crippen LogP contribution in [0, 0.1) is 0 Å². The molecular formula is C22H27Br2N3O3. The quantitative estimate of drug-likeness (QED) is 0.321. The fourth-order valence-corrected chi connectivity index (χ4v) is 3.61. The van der Waals surface area contributed by atoms with Crippen LogP contribution in [0.15, 0.2) is 57.5 Å². The van der Waals surface area contributed by atoms with Crippen LogP contribution in [0.1, 0.15) is 37.8 Å². The molecule has 0 aliphatic heterocycles. The highest BCUT2D eigenvalue weighted by Crippen LogP contribution is 2.23. The second-order valence-electron chi connectivity index (χ2n) is 7.00. The van der Waals surface area contributed by atoms with E-state index in [0.717, 1.165) is 27.6 Å². The number of hydrogen-bond acceptors (Lipinski definition) is 3. The molecule has 2 aromatic rings. The summed E-state index contributed by atoms with van der Waals surface area (Å²) in [7, 11) is 0. The molecule has 0 bridgehead atoms. The van der Waals surface area contributed by atoms with Gasteiger partial charge in [0.2, 0.25) is 0 Å². The van der Waals surface area contributed by atoms with Crippen molar-refractivity contribution in [2.24, 2.45) is 0 Å². The van der Waals surface area contributed by atoms with Gasteiger partial charge < -0.3 is 15.7 Å². The van der Waals surface area contributed by atoms with E-state index in [1.807, 2.05) is 36.4 Å². The molecule has 0 aromatic heterocycles. The van der Waals surface area contributed by atoms with E-state index < -0.39 is 5.97 Å². The summed E-state index contributed by atoms with van der Waals surface area (Å²) in [5.74, 6) is -0.780. The highest BCUT2D eigenvalue weighted by atomic mass is 79.9. The first-order valence-corrected chi connectivity index (χ1v) is 11.5. The number of hydrogen-bond donors (Lipinski definition) is 3. The maximum Gasteiger partial charge on any atom is 0.319 e. The number of urea groups is 1. The van der Waals surface area contributed by atoms with Gasteiger partial charge in [0.15, 0.2) is 0 Å². The zero-order chi connectivity index (χ0) is 21.9. The zero-order valence-corrected chi connectivity index (χ0v) is 20.1. The molecule has 2 aromatic carbocycles. The molecule has 30 heavy (non-hydrogen) atoms. The Morgan fingerprint density at radius 3 is 2.13 bits per heavy atom. The fourth-order valence-electron chi connectivity index (χ4n) is 3.08. The summed E-state index contributed by atoms with van der Waals surface area (Å²) in [6.45, 7) is 4.10. The van der Waals surface area contributed by atoms with Gasteiger partial charge in [0.05, 0.1) is 0 Å². The minimum atomic E-state index is -0.780. The molecule has 3 N–H and O–H groups in total. The van der Waals surface area contributed by atoms with Gasteiger partial charge in [0.1, 0.15) is 0 Å². The van der Waals surface area contributed by atoms with E-state index in [1.54, 1.807) is 0 Å². The Balaban J connectivity index is 1.83. The van der Waals surface area contributed by atoms with Crippen LogP contribution in [-0.4, -0.2) is 41.6 Å². The van der Waals surface area contributed by atoms with E-state index in [9.17, 15) is 9.59 Å². The van der Waals surface area contributed by atoms with Crippen molar-refractivity contribution >= 4 is 49.5 Å². The second kappa shape index (κ2) is 12.7. The number of amides is 2. The first kappa shape index (κ1) is 24.4. The van der Waals surface area contributed by atoms with E-state index in [2.05, 4.69) is 66.4 Å². The molecule has 8 heteroatoms. The maximum absolute atomic E-state index is 12.1. The molecule has 162 valence electrons. The number of rotatable bonds is 11. The largest absolute Gasteiger partial charge is 0.481 e. The van der Waals surface area contributed by atoms with Crippen LogP contribution in [0.3, 0.4) is 0 Å². The molecular weight excluding hydrogens is 514 g/mol. The van der Waals surface area contributed by atoms with Gasteiger partial charge >= 0.3 is 12.0 Å². The Hall–Kier alpha value is -1.90. The third-order valence-corrected chi connectivity index (χ3v) is 5.80. The Bertz CT molecular complexity index is 813. The molecule has 0 aliphatic carbocycles. The minimum Gasteiger partial charge on any atom is -0.481 e. The fraction of sp³-hybridized carbons (Fsp3) is 0.364. The summed E-state index contributed by atoms with van der Waals surface area (Å²) < 4.78 is 1.98. The topological polar surface area (TPSA) is 81.7 Å². The summed E-state index contributed by atoms with van der Waals surface area (Å²) in [4.78, 5) is 25.2. The Morgan fingerprint density at radius 2 is 1.53 bits per heavy atom. The van der Waals surface area contributed by atoms with Crippen molar-refractivity contribution in [1.29, 1.82) is 0 Å². The monoisotopic (exact) mass is 539 g/mol. The average Bonchev–Trinajstić information content (AvgIpc) is 2.71. The Kier molecular flexibility index (Phi) is 10.3. The van der Waals surface area contributed by atoms with E-state index >= 15 is 0 Å². The van der Waals surface area contributed by atoms with E-state index in [4.69, 9.17) is 5.11 Å². The number of nitrogens with zero attached hydrogens (tertiary/aromatic N) is 1. The van der Waals surface area contributed by atoms with Crippen molar-refractivity contribution in [2.75, 3.05) is 25.0 Å². The van der Waals surface area contributed by atoms with Crippen molar-refractivity contribution in [3.63, 3.8) is 0 Å². The highest BCUT2D eigenvalue weighted by molar-refractivity contribution is 9.10. The summed E-state index contributed by atoms with van der Waals surface area (Å²) in [5, 5.41) is 14.6. The third kappa shape index (κ3) is 8.85. The number of carboxylic acids is 1. The van der Waals surface area contributed by atoms with Crippen molar-refractivity contribution in [3.05, 3.63) is 63.0 Å². The summed E-state index contributed by atoms with van der Waals surface area (Å²) in [6, 6.07) is 15.5. The lowest BCUT2D eigenvalue weighted by Gasteiger charge is -2.29. The van der Waals surface area contributed by atoms with Gasteiger partial charge in [-0.25, -0.2) is 4.79 Å². The minimum absolute atomic E-state index is 0.150. The average molecular weight is 541 g/mol. The van der Waals surface area contributed by atoms with Crippen molar-refractivity contribution in [2.45, 2.75) is 32.2 Å². The second-order valence-corrected chi connectivity index (χ2v) is 8.83. The lowest BCUT2D eigenvalue weighted by Crippen LogP contribution is -2.34. The van der Waals surface area contributed by atoms with Gasteiger partial charge in [-0.2, -0.15) is 0 Å². The Morgan fingerprint density at radius 1 is 0.967 bits per heavy atom. The van der Waals surface area contributed by atoms with Crippen LogP contribution in [0.4, 0.5) is 10.5 Å². The molecule has 0 radical (unpaired) electrons. The standard InChI is InChI=1S/C22H27Br2N3O3/c1-16(17-5-7-18(23)8-6-17)27(14-2-4-21(28)29)15-3-13-25-22(30)26-20-11-9-19(24)10-12-20/h5-12,16H,2-4,13-15H2,1H3,(H,28,29)(H2,25,26,30)/t16-/m1/s1. The van der Waals surface area contributed by atoms with Gasteiger partial charge in [-0.15, -0.1) is 0 Å². The Labute approximate surface area is 194 Å². The molecule has 0 spiro atoms. The van der Waals surface area contributed by atoms with Crippen LogP contribution in [0.2, 0.25) is 0 Å². The SMILES string of the molecule is C[C@H](c1ccc(Br)cc1)N(CCCNC(=O)Nc1ccc(Br)cc1)CCCC(=O)O. The van der Waals surface area contributed by atoms with Crippen molar-refractivity contribution in [3.8, 4) is 0 Å². The molecule has 2 amide bonds. The number of carbonyl (C=O) groups is 2. The maximum atomic E-state index is 12.1. The van der Waals surface area contributed by atoms with E-state index in [0.29, 0.717) is 19.5 Å². The molecule has 0 aliphatic rings. The first-order chi connectivity index (χ1) is 14.3. The first-order valence-electron chi connectivity index (χ1n) is 9.87. The number of halogens is 2. The van der Waals surface area contributed by atoms with Gasteiger partial charge in [-0.3, -0.25) is 9.69 Å². The van der Waals surface area contributed by atoms with Crippen LogP contribution in [0.25, 0.3) is 0 Å². The molecule has 0 unspecified atom stereocenters. The van der Waals surface area contributed by atoms with E-state index in [-0.39, 0.29) is 18.5 Å². The smallest absolute Gasteiger partial charge is 0.319 e. The number of anilines is 1. The van der Waals surface area contributed by atoms with Crippen LogP contribution < -0.4 is 10.6 Å². The molecule has 0 fully saturated rings. The number of aliphatic carboxylic acids is 1.